The second-order valence-corrected chi connectivity index (χ2v) is 4.88. The van der Waals surface area contributed by atoms with E-state index in [1.165, 1.54) is 6.20 Å². The van der Waals surface area contributed by atoms with Gasteiger partial charge in [0.25, 0.3) is 5.91 Å². The molecule has 5 nitrogen and oxygen atoms in total. The summed E-state index contributed by atoms with van der Waals surface area (Å²) in [6.45, 7) is 4.66. The van der Waals surface area contributed by atoms with Crippen LogP contribution in [0.5, 0.6) is 0 Å². The number of rotatable bonds is 5. The third-order valence-corrected chi connectivity index (χ3v) is 3.46. The molecule has 0 radical (unpaired) electrons. The Morgan fingerprint density at radius 2 is 2.10 bits per heavy atom. The van der Waals surface area contributed by atoms with Gasteiger partial charge in [-0.25, -0.2) is 0 Å². The molecular formula is C15H20N4O. The minimum absolute atomic E-state index is 0.113. The van der Waals surface area contributed by atoms with E-state index in [4.69, 9.17) is 5.73 Å². The molecule has 1 unspecified atom stereocenters. The fraction of sp³-hybridized carbons (Fsp3) is 0.333. The molecule has 106 valence electrons. The lowest BCUT2D eigenvalue weighted by Gasteiger charge is -2.28. The van der Waals surface area contributed by atoms with Crippen LogP contribution in [-0.4, -0.2) is 27.0 Å². The fourth-order valence-corrected chi connectivity index (χ4v) is 2.04. The summed E-state index contributed by atoms with van der Waals surface area (Å²) >= 11 is 0. The Labute approximate surface area is 118 Å². The molecule has 0 saturated carbocycles. The summed E-state index contributed by atoms with van der Waals surface area (Å²) < 4.78 is 0. The molecule has 1 heterocycles. The molecule has 1 aromatic heterocycles. The van der Waals surface area contributed by atoms with Crippen molar-refractivity contribution in [3.05, 3.63) is 47.8 Å². The summed E-state index contributed by atoms with van der Waals surface area (Å²) in [5.41, 5.74) is 7.62. The van der Waals surface area contributed by atoms with Gasteiger partial charge in [0.1, 0.15) is 5.69 Å². The van der Waals surface area contributed by atoms with Crippen LogP contribution in [-0.2, 0) is 6.54 Å². The Bertz CT molecular complexity index is 564. The van der Waals surface area contributed by atoms with Crippen LogP contribution in [0.4, 0.5) is 5.69 Å². The Hall–Kier alpha value is -2.30. The van der Waals surface area contributed by atoms with Crippen LogP contribution >= 0.6 is 0 Å². The highest BCUT2D eigenvalue weighted by molar-refractivity contribution is 5.97. The summed E-state index contributed by atoms with van der Waals surface area (Å²) in [5.74, 6) is -0.113. The van der Waals surface area contributed by atoms with Crippen LogP contribution in [0.3, 0.4) is 0 Å². The molecule has 1 aromatic carbocycles. The van der Waals surface area contributed by atoms with Crippen LogP contribution in [0, 0.1) is 0 Å². The van der Waals surface area contributed by atoms with Gasteiger partial charge in [0.15, 0.2) is 0 Å². The van der Waals surface area contributed by atoms with Crippen molar-refractivity contribution in [1.82, 2.24) is 15.1 Å². The van der Waals surface area contributed by atoms with Gasteiger partial charge in [-0.1, -0.05) is 37.3 Å². The van der Waals surface area contributed by atoms with Crippen molar-refractivity contribution >= 4 is 11.6 Å². The molecule has 0 fully saturated rings. The maximum atomic E-state index is 12.6. The monoisotopic (exact) mass is 272 g/mol. The molecule has 2 aromatic rings. The Morgan fingerprint density at radius 1 is 1.40 bits per heavy atom. The number of hydrogen-bond donors (Lipinski definition) is 2. The van der Waals surface area contributed by atoms with E-state index in [1.807, 2.05) is 42.2 Å². The largest absolute Gasteiger partial charge is 0.396 e. The predicted molar refractivity (Wildman–Crippen MR) is 79.1 cm³/mol. The number of hydrogen-bond acceptors (Lipinski definition) is 3. The standard InChI is InChI=1S/C15H20N4O/c1-3-11(2)19(10-12-7-5-4-6-8-12)15(20)14-13(16)9-17-18-14/h4-9,11H,3,10,16H2,1-2H3,(H,17,18). The first kappa shape index (κ1) is 14.1. The summed E-state index contributed by atoms with van der Waals surface area (Å²) in [6, 6.07) is 10.1. The van der Waals surface area contributed by atoms with Crippen LogP contribution in [0.15, 0.2) is 36.5 Å². The number of benzene rings is 1. The van der Waals surface area contributed by atoms with Crippen molar-refractivity contribution < 1.29 is 4.79 Å². The molecule has 2 rings (SSSR count). The highest BCUT2D eigenvalue weighted by atomic mass is 16.2. The number of aromatic nitrogens is 2. The summed E-state index contributed by atoms with van der Waals surface area (Å²) in [6.07, 6.45) is 2.34. The maximum Gasteiger partial charge on any atom is 0.274 e. The van der Waals surface area contributed by atoms with Gasteiger partial charge in [-0.2, -0.15) is 5.10 Å². The SMILES string of the molecule is CCC(C)N(Cc1ccccc1)C(=O)c1[nH]ncc1N. The normalized spacial score (nSPS) is 12.1. The number of nitrogens with zero attached hydrogens (tertiary/aromatic N) is 2. The molecule has 0 aliphatic carbocycles. The van der Waals surface area contributed by atoms with E-state index in [-0.39, 0.29) is 11.9 Å². The van der Waals surface area contributed by atoms with Crippen molar-refractivity contribution in [2.75, 3.05) is 5.73 Å². The van der Waals surface area contributed by atoms with E-state index in [0.717, 1.165) is 12.0 Å². The van der Waals surface area contributed by atoms with Gasteiger partial charge in [0.05, 0.1) is 11.9 Å². The second kappa shape index (κ2) is 6.23. The van der Waals surface area contributed by atoms with Crippen molar-refractivity contribution in [1.29, 1.82) is 0 Å². The third-order valence-electron chi connectivity index (χ3n) is 3.46. The highest BCUT2D eigenvalue weighted by Gasteiger charge is 2.23. The van der Waals surface area contributed by atoms with Crippen LogP contribution in [0.25, 0.3) is 0 Å². The van der Waals surface area contributed by atoms with Gasteiger partial charge in [-0.15, -0.1) is 0 Å². The Kier molecular flexibility index (Phi) is 4.40. The quantitative estimate of drug-likeness (QED) is 0.877. The number of nitrogen functional groups attached to an aromatic ring is 1. The number of aromatic amines is 1. The van der Waals surface area contributed by atoms with Crippen molar-refractivity contribution in [3.8, 4) is 0 Å². The lowest BCUT2D eigenvalue weighted by molar-refractivity contribution is 0.0666. The predicted octanol–water partition coefficient (Wildman–Crippen LogP) is 2.43. The number of anilines is 1. The molecular weight excluding hydrogens is 252 g/mol. The fourth-order valence-electron chi connectivity index (χ4n) is 2.04. The van der Waals surface area contributed by atoms with Gasteiger partial charge in [0.2, 0.25) is 0 Å². The molecule has 0 aliphatic heterocycles. The maximum absolute atomic E-state index is 12.6. The number of H-pyrrole nitrogens is 1. The smallest absolute Gasteiger partial charge is 0.274 e. The van der Waals surface area contributed by atoms with Crippen LogP contribution in [0.2, 0.25) is 0 Å². The lowest BCUT2D eigenvalue weighted by Crippen LogP contribution is -2.38. The van der Waals surface area contributed by atoms with E-state index in [2.05, 4.69) is 17.1 Å². The Balaban J connectivity index is 2.24. The first-order valence-electron chi connectivity index (χ1n) is 6.77. The van der Waals surface area contributed by atoms with E-state index in [0.29, 0.717) is 17.9 Å². The zero-order valence-electron chi connectivity index (χ0n) is 11.8. The van der Waals surface area contributed by atoms with E-state index >= 15 is 0 Å². The van der Waals surface area contributed by atoms with Crippen LogP contribution < -0.4 is 5.73 Å². The average molecular weight is 272 g/mol. The molecule has 1 atom stereocenters. The van der Waals surface area contributed by atoms with Crippen molar-refractivity contribution in [3.63, 3.8) is 0 Å². The summed E-state index contributed by atoms with van der Waals surface area (Å²) in [4.78, 5) is 14.4. The van der Waals surface area contributed by atoms with Gasteiger partial charge in [-0.3, -0.25) is 9.89 Å². The van der Waals surface area contributed by atoms with E-state index < -0.39 is 0 Å². The summed E-state index contributed by atoms with van der Waals surface area (Å²) in [5, 5.41) is 6.50. The zero-order chi connectivity index (χ0) is 14.5. The number of amides is 1. The number of carbonyl (C=O) groups excluding carboxylic acids is 1. The molecule has 3 N–H and O–H groups in total. The second-order valence-electron chi connectivity index (χ2n) is 4.88. The average Bonchev–Trinajstić information content (AvgIpc) is 2.90. The first-order chi connectivity index (χ1) is 9.63. The molecule has 0 spiro atoms. The topological polar surface area (TPSA) is 75.0 Å². The first-order valence-corrected chi connectivity index (χ1v) is 6.77. The van der Waals surface area contributed by atoms with Gasteiger partial charge in [0, 0.05) is 12.6 Å². The van der Waals surface area contributed by atoms with Gasteiger partial charge < -0.3 is 10.6 Å². The van der Waals surface area contributed by atoms with Crippen LogP contribution in [0.1, 0.15) is 36.3 Å². The number of nitrogens with one attached hydrogen (secondary N) is 1. The summed E-state index contributed by atoms with van der Waals surface area (Å²) in [7, 11) is 0. The number of nitrogens with two attached hydrogens (primary N) is 1. The Morgan fingerprint density at radius 3 is 2.65 bits per heavy atom. The minimum atomic E-state index is -0.113. The number of carbonyl (C=O) groups is 1. The molecule has 0 bridgehead atoms. The van der Waals surface area contributed by atoms with Crippen molar-refractivity contribution in [2.24, 2.45) is 0 Å². The van der Waals surface area contributed by atoms with Crippen molar-refractivity contribution in [2.45, 2.75) is 32.9 Å². The molecule has 1 amide bonds. The molecule has 0 saturated heterocycles. The lowest BCUT2D eigenvalue weighted by atomic mass is 10.1. The molecule has 5 heteroatoms. The third kappa shape index (κ3) is 2.99. The zero-order valence-corrected chi connectivity index (χ0v) is 11.8. The van der Waals surface area contributed by atoms with Gasteiger partial charge >= 0.3 is 0 Å². The molecule has 20 heavy (non-hydrogen) atoms. The van der Waals surface area contributed by atoms with Gasteiger partial charge in [-0.05, 0) is 18.9 Å². The molecule has 0 aliphatic rings. The highest BCUT2D eigenvalue weighted by Crippen LogP contribution is 2.17. The minimum Gasteiger partial charge on any atom is -0.396 e. The van der Waals surface area contributed by atoms with E-state index in [1.54, 1.807) is 0 Å². The van der Waals surface area contributed by atoms with E-state index in [9.17, 15) is 4.79 Å².